The molecule has 0 fully saturated rings. The van der Waals surface area contributed by atoms with Gasteiger partial charge in [0.2, 0.25) is 0 Å². The highest BCUT2D eigenvalue weighted by atomic mass is 35.5. The van der Waals surface area contributed by atoms with Crippen LogP contribution in [0.25, 0.3) is 11.3 Å². The van der Waals surface area contributed by atoms with Gasteiger partial charge in [0.1, 0.15) is 5.56 Å². The maximum absolute atomic E-state index is 12.4. The summed E-state index contributed by atoms with van der Waals surface area (Å²) in [7, 11) is 0. The lowest BCUT2D eigenvalue weighted by molar-refractivity contribution is -0.384. The zero-order chi connectivity index (χ0) is 19.6. The van der Waals surface area contributed by atoms with Gasteiger partial charge in [-0.1, -0.05) is 29.8 Å². The van der Waals surface area contributed by atoms with E-state index in [9.17, 15) is 19.7 Å². The number of amides is 1. The summed E-state index contributed by atoms with van der Waals surface area (Å²) in [5.41, 5.74) is 1.39. The third-order valence-electron chi connectivity index (χ3n) is 3.99. The average molecular weight is 384 g/mol. The van der Waals surface area contributed by atoms with Gasteiger partial charge in [-0.2, -0.15) is 0 Å². The minimum atomic E-state index is -0.650. The number of aromatic nitrogens is 1. The van der Waals surface area contributed by atoms with Gasteiger partial charge >= 0.3 is 0 Å². The van der Waals surface area contributed by atoms with E-state index >= 15 is 0 Å². The highest BCUT2D eigenvalue weighted by molar-refractivity contribution is 6.30. The number of halogens is 1. The number of carbonyl (C=O) groups excluding carboxylic acids is 1. The van der Waals surface area contributed by atoms with Gasteiger partial charge in [-0.3, -0.25) is 19.7 Å². The molecule has 3 aromatic rings. The van der Waals surface area contributed by atoms with E-state index in [1.165, 1.54) is 24.3 Å². The topological polar surface area (TPSA) is 105 Å². The summed E-state index contributed by atoms with van der Waals surface area (Å²) >= 11 is 5.85. The van der Waals surface area contributed by atoms with Crippen molar-refractivity contribution in [2.75, 3.05) is 5.32 Å². The molecule has 2 aromatic carbocycles. The van der Waals surface area contributed by atoms with Crippen LogP contribution in [0.2, 0.25) is 5.02 Å². The highest BCUT2D eigenvalue weighted by Crippen LogP contribution is 2.23. The van der Waals surface area contributed by atoms with Crippen LogP contribution in [-0.2, 0) is 0 Å². The van der Waals surface area contributed by atoms with Crippen LogP contribution in [0.3, 0.4) is 0 Å². The predicted octanol–water partition coefficient (Wildman–Crippen LogP) is 4.16. The van der Waals surface area contributed by atoms with Crippen LogP contribution in [0.5, 0.6) is 0 Å². The monoisotopic (exact) mass is 383 g/mol. The van der Waals surface area contributed by atoms with E-state index in [1.807, 2.05) is 0 Å². The van der Waals surface area contributed by atoms with Crippen LogP contribution < -0.4 is 10.9 Å². The van der Waals surface area contributed by atoms with Crippen molar-refractivity contribution < 1.29 is 9.72 Å². The molecule has 8 heteroatoms. The van der Waals surface area contributed by atoms with E-state index in [-0.39, 0.29) is 16.9 Å². The molecule has 0 saturated heterocycles. The molecule has 1 amide bonds. The number of nitrogens with one attached hydrogen (secondary N) is 2. The van der Waals surface area contributed by atoms with Crippen molar-refractivity contribution in [1.82, 2.24) is 4.98 Å². The lowest BCUT2D eigenvalue weighted by atomic mass is 10.1. The van der Waals surface area contributed by atoms with Crippen molar-refractivity contribution in [2.24, 2.45) is 0 Å². The number of nitro groups is 1. The van der Waals surface area contributed by atoms with Crippen LogP contribution in [0, 0.1) is 17.0 Å². The maximum atomic E-state index is 12.4. The Morgan fingerprint density at radius 3 is 2.44 bits per heavy atom. The first kappa shape index (κ1) is 18.3. The largest absolute Gasteiger partial charge is 0.321 e. The third kappa shape index (κ3) is 4.04. The molecule has 27 heavy (non-hydrogen) atoms. The number of non-ortho nitro benzene ring substituents is 1. The quantitative estimate of drug-likeness (QED) is 0.521. The Bertz CT molecular complexity index is 1090. The molecule has 0 spiro atoms. The minimum Gasteiger partial charge on any atom is -0.321 e. The molecule has 0 bridgehead atoms. The van der Waals surface area contributed by atoms with Gasteiger partial charge in [0.15, 0.2) is 0 Å². The Balaban J connectivity index is 1.88. The molecule has 0 atom stereocenters. The fraction of sp³-hybridized carbons (Fsp3) is 0.0526. The van der Waals surface area contributed by atoms with Crippen molar-refractivity contribution in [3.8, 4) is 11.3 Å². The summed E-state index contributed by atoms with van der Waals surface area (Å²) in [6.07, 6.45) is 0. The predicted molar refractivity (Wildman–Crippen MR) is 103 cm³/mol. The molecule has 0 aliphatic heterocycles. The van der Waals surface area contributed by atoms with Gasteiger partial charge in [0.05, 0.1) is 10.6 Å². The smallest absolute Gasteiger partial charge is 0.271 e. The zero-order valence-corrected chi connectivity index (χ0v) is 14.9. The Morgan fingerprint density at radius 1 is 1.11 bits per heavy atom. The van der Waals surface area contributed by atoms with E-state index in [0.717, 1.165) is 5.56 Å². The molecule has 136 valence electrons. The van der Waals surface area contributed by atoms with Gasteiger partial charge in [0, 0.05) is 22.8 Å². The normalized spacial score (nSPS) is 10.4. The van der Waals surface area contributed by atoms with E-state index in [4.69, 9.17) is 11.6 Å². The number of carbonyl (C=O) groups is 1. The molecular formula is C19H14ClN3O4. The second-order valence-electron chi connectivity index (χ2n) is 5.83. The molecule has 3 rings (SSSR count). The summed E-state index contributed by atoms with van der Waals surface area (Å²) < 4.78 is 0. The molecule has 0 saturated carbocycles. The van der Waals surface area contributed by atoms with E-state index in [1.54, 1.807) is 37.3 Å². The first-order valence-electron chi connectivity index (χ1n) is 7.91. The van der Waals surface area contributed by atoms with Gasteiger partial charge in [-0.05, 0) is 42.3 Å². The fourth-order valence-corrected chi connectivity index (χ4v) is 2.62. The van der Waals surface area contributed by atoms with E-state index in [2.05, 4.69) is 10.3 Å². The number of rotatable bonds is 4. The Hall–Kier alpha value is -3.45. The maximum Gasteiger partial charge on any atom is 0.271 e. The van der Waals surface area contributed by atoms with Gasteiger partial charge in [-0.25, -0.2) is 0 Å². The SMILES string of the molecule is Cc1ccc([N+](=O)[O-])cc1NC(=O)c1ccc(-c2ccc(Cl)cc2)[nH]c1=O. The second-order valence-corrected chi connectivity index (χ2v) is 6.27. The highest BCUT2D eigenvalue weighted by Gasteiger charge is 2.15. The van der Waals surface area contributed by atoms with Crippen molar-refractivity contribution in [3.05, 3.63) is 91.2 Å². The van der Waals surface area contributed by atoms with Gasteiger partial charge in [-0.15, -0.1) is 0 Å². The van der Waals surface area contributed by atoms with Crippen molar-refractivity contribution in [1.29, 1.82) is 0 Å². The number of aryl methyl sites for hydroxylation is 1. The molecule has 1 heterocycles. The standard InChI is InChI=1S/C19H14ClN3O4/c1-11-2-7-14(23(26)27)10-17(11)22-19(25)15-8-9-16(21-18(15)24)12-3-5-13(20)6-4-12/h2-10H,1H3,(H,21,24)(H,22,25). The summed E-state index contributed by atoms with van der Waals surface area (Å²) in [5.74, 6) is -0.650. The van der Waals surface area contributed by atoms with E-state index < -0.39 is 16.4 Å². The van der Waals surface area contributed by atoms with Crippen LogP contribution in [-0.4, -0.2) is 15.8 Å². The van der Waals surface area contributed by atoms with Crippen LogP contribution >= 0.6 is 11.6 Å². The number of H-pyrrole nitrogens is 1. The first-order chi connectivity index (χ1) is 12.8. The Labute approximate surface area is 158 Å². The van der Waals surface area contributed by atoms with Gasteiger partial charge in [0.25, 0.3) is 17.2 Å². The molecule has 0 unspecified atom stereocenters. The minimum absolute atomic E-state index is 0.0985. The number of hydrogen-bond acceptors (Lipinski definition) is 4. The molecule has 0 aliphatic carbocycles. The molecule has 7 nitrogen and oxygen atoms in total. The lowest BCUT2D eigenvalue weighted by Gasteiger charge is -2.09. The summed E-state index contributed by atoms with van der Waals surface area (Å²) in [5, 5.41) is 14.0. The molecule has 2 N–H and O–H groups in total. The van der Waals surface area contributed by atoms with Crippen molar-refractivity contribution in [2.45, 2.75) is 6.92 Å². The number of nitro benzene ring substituents is 1. The number of benzene rings is 2. The molecular weight excluding hydrogens is 370 g/mol. The number of anilines is 1. The fourth-order valence-electron chi connectivity index (χ4n) is 2.50. The Morgan fingerprint density at radius 2 is 1.81 bits per heavy atom. The number of hydrogen-bond donors (Lipinski definition) is 2. The summed E-state index contributed by atoms with van der Waals surface area (Å²) in [4.78, 5) is 37.8. The third-order valence-corrected chi connectivity index (χ3v) is 4.24. The van der Waals surface area contributed by atoms with E-state index in [0.29, 0.717) is 16.3 Å². The van der Waals surface area contributed by atoms with Crippen LogP contribution in [0.15, 0.2) is 59.4 Å². The van der Waals surface area contributed by atoms with Crippen molar-refractivity contribution >= 4 is 28.9 Å². The molecule has 0 radical (unpaired) electrons. The lowest BCUT2D eigenvalue weighted by Crippen LogP contribution is -2.23. The second kappa shape index (κ2) is 7.43. The molecule has 1 aromatic heterocycles. The number of pyridine rings is 1. The zero-order valence-electron chi connectivity index (χ0n) is 14.2. The Kier molecular flexibility index (Phi) is 5.05. The first-order valence-corrected chi connectivity index (χ1v) is 8.28. The van der Waals surface area contributed by atoms with Gasteiger partial charge < -0.3 is 10.3 Å². The number of nitrogens with zero attached hydrogens (tertiary/aromatic N) is 1. The van der Waals surface area contributed by atoms with Crippen molar-refractivity contribution in [3.63, 3.8) is 0 Å². The van der Waals surface area contributed by atoms with Crippen LogP contribution in [0.1, 0.15) is 15.9 Å². The summed E-state index contributed by atoms with van der Waals surface area (Å²) in [6.45, 7) is 1.70. The van der Waals surface area contributed by atoms with Crippen LogP contribution in [0.4, 0.5) is 11.4 Å². The summed E-state index contributed by atoms with van der Waals surface area (Å²) in [6, 6.07) is 14.0. The average Bonchev–Trinajstić information content (AvgIpc) is 2.63. The molecule has 0 aliphatic rings. The number of aromatic amines is 1.